The number of rotatable bonds is 4. The van der Waals surface area contributed by atoms with Crippen molar-refractivity contribution in [2.24, 2.45) is 17.8 Å². The second-order valence-corrected chi connectivity index (χ2v) is 11.0. The highest BCUT2D eigenvalue weighted by molar-refractivity contribution is 6.23. The summed E-state index contributed by atoms with van der Waals surface area (Å²) in [6, 6.07) is 21.6. The monoisotopic (exact) mass is 520 g/mol. The molecule has 3 aromatic carbocycles. The van der Waals surface area contributed by atoms with E-state index >= 15 is 0 Å². The van der Waals surface area contributed by atoms with E-state index in [4.69, 9.17) is 9.72 Å². The van der Waals surface area contributed by atoms with Crippen molar-refractivity contribution < 1.29 is 14.3 Å². The van der Waals surface area contributed by atoms with Crippen LogP contribution in [0.1, 0.15) is 31.7 Å². The summed E-state index contributed by atoms with van der Waals surface area (Å²) in [5, 5.41) is 4.25. The van der Waals surface area contributed by atoms with Crippen LogP contribution in [0.5, 0.6) is 5.75 Å². The number of fused-ring (bicyclic) bond motifs is 8. The quantitative estimate of drug-likeness (QED) is 0.412. The SMILES string of the molecule is COc1cccc(N2C(=O)[C@@H]3[C@H](CC(C)C)N[C@@]4(c5ccccc5-n5c4nc4ccccc4c5=O)[C@H]3C2=O)c1. The summed E-state index contributed by atoms with van der Waals surface area (Å²) in [4.78, 5) is 48.9. The number of benzene rings is 3. The fourth-order valence-corrected chi connectivity index (χ4v) is 6.93. The predicted octanol–water partition coefficient (Wildman–Crippen LogP) is 3.78. The summed E-state index contributed by atoms with van der Waals surface area (Å²) in [6.45, 7) is 4.21. The Morgan fingerprint density at radius 1 is 0.974 bits per heavy atom. The van der Waals surface area contributed by atoms with Gasteiger partial charge in [-0.3, -0.25) is 24.3 Å². The first kappa shape index (κ1) is 23.8. The Morgan fingerprint density at radius 2 is 1.74 bits per heavy atom. The molecule has 0 aliphatic carbocycles. The number of carbonyl (C=O) groups excluding carboxylic acids is 2. The molecule has 2 fully saturated rings. The van der Waals surface area contributed by atoms with Crippen molar-refractivity contribution in [3.8, 4) is 11.4 Å². The maximum atomic E-state index is 14.5. The van der Waals surface area contributed by atoms with Crippen LogP contribution in [0.2, 0.25) is 0 Å². The zero-order chi connectivity index (χ0) is 27.1. The van der Waals surface area contributed by atoms with Crippen LogP contribution in [0.15, 0.2) is 77.6 Å². The molecule has 0 bridgehead atoms. The van der Waals surface area contributed by atoms with Gasteiger partial charge in [0.15, 0.2) is 0 Å². The van der Waals surface area contributed by atoms with Gasteiger partial charge in [-0.1, -0.05) is 50.2 Å². The minimum Gasteiger partial charge on any atom is -0.497 e. The van der Waals surface area contributed by atoms with Gasteiger partial charge in [0.05, 0.1) is 41.2 Å². The molecule has 1 spiro atoms. The van der Waals surface area contributed by atoms with Crippen molar-refractivity contribution in [2.75, 3.05) is 12.0 Å². The topological polar surface area (TPSA) is 93.5 Å². The number of nitrogens with one attached hydrogen (secondary N) is 1. The van der Waals surface area contributed by atoms with Crippen molar-refractivity contribution in [1.82, 2.24) is 14.9 Å². The fourth-order valence-electron chi connectivity index (χ4n) is 6.93. The molecule has 39 heavy (non-hydrogen) atoms. The Balaban J connectivity index is 1.51. The van der Waals surface area contributed by atoms with E-state index in [1.54, 1.807) is 42.0 Å². The molecule has 4 heterocycles. The number of hydrogen-bond acceptors (Lipinski definition) is 6. The molecule has 1 aromatic heterocycles. The average Bonchev–Trinajstić information content (AvgIpc) is 3.51. The number of aromatic nitrogens is 2. The van der Waals surface area contributed by atoms with Gasteiger partial charge in [0.25, 0.3) is 5.56 Å². The van der Waals surface area contributed by atoms with Crippen LogP contribution in [-0.4, -0.2) is 34.5 Å². The number of methoxy groups -OCH3 is 1. The van der Waals surface area contributed by atoms with Gasteiger partial charge in [-0.05, 0) is 42.7 Å². The van der Waals surface area contributed by atoms with E-state index in [9.17, 15) is 14.4 Å². The lowest BCUT2D eigenvalue weighted by molar-refractivity contribution is -0.123. The van der Waals surface area contributed by atoms with Gasteiger partial charge < -0.3 is 4.74 Å². The zero-order valence-electron chi connectivity index (χ0n) is 21.9. The van der Waals surface area contributed by atoms with Crippen molar-refractivity contribution in [3.63, 3.8) is 0 Å². The van der Waals surface area contributed by atoms with E-state index in [0.717, 1.165) is 5.56 Å². The first-order valence-corrected chi connectivity index (χ1v) is 13.3. The minimum atomic E-state index is -1.13. The van der Waals surface area contributed by atoms with Crippen LogP contribution in [0.25, 0.3) is 16.6 Å². The van der Waals surface area contributed by atoms with E-state index in [0.29, 0.717) is 40.3 Å². The van der Waals surface area contributed by atoms with E-state index < -0.39 is 17.4 Å². The molecule has 7 rings (SSSR count). The van der Waals surface area contributed by atoms with Gasteiger partial charge in [0, 0.05) is 17.7 Å². The van der Waals surface area contributed by atoms with Crippen LogP contribution < -0.4 is 20.5 Å². The largest absolute Gasteiger partial charge is 0.497 e. The summed E-state index contributed by atoms with van der Waals surface area (Å²) < 4.78 is 7.01. The molecule has 0 unspecified atom stereocenters. The summed E-state index contributed by atoms with van der Waals surface area (Å²) in [6.07, 6.45) is 0.688. The Labute approximate surface area is 225 Å². The van der Waals surface area contributed by atoms with Crippen molar-refractivity contribution in [1.29, 1.82) is 0 Å². The highest BCUT2D eigenvalue weighted by Crippen LogP contribution is 2.56. The Bertz CT molecular complexity index is 1740. The number of nitrogens with zero attached hydrogens (tertiary/aromatic N) is 3. The number of amides is 2. The molecule has 2 saturated heterocycles. The summed E-state index contributed by atoms with van der Waals surface area (Å²) >= 11 is 0. The molecular weight excluding hydrogens is 492 g/mol. The lowest BCUT2D eigenvalue weighted by Gasteiger charge is -2.32. The second kappa shape index (κ2) is 8.35. The van der Waals surface area contributed by atoms with Gasteiger partial charge in [0.1, 0.15) is 17.1 Å². The molecule has 8 heteroatoms. The molecule has 0 radical (unpaired) electrons. The van der Waals surface area contributed by atoms with E-state index in [1.165, 1.54) is 4.90 Å². The maximum absolute atomic E-state index is 14.5. The number of anilines is 1. The van der Waals surface area contributed by atoms with E-state index in [-0.39, 0.29) is 29.3 Å². The third-order valence-corrected chi connectivity index (χ3v) is 8.40. The van der Waals surface area contributed by atoms with Gasteiger partial charge in [-0.25, -0.2) is 9.88 Å². The van der Waals surface area contributed by atoms with E-state index in [2.05, 4.69) is 19.2 Å². The van der Waals surface area contributed by atoms with Gasteiger partial charge in [0.2, 0.25) is 11.8 Å². The zero-order valence-corrected chi connectivity index (χ0v) is 21.9. The molecule has 4 atom stereocenters. The lowest BCUT2D eigenvalue weighted by Crippen LogP contribution is -2.50. The fraction of sp³-hybridized carbons (Fsp3) is 0.290. The van der Waals surface area contributed by atoms with Crippen molar-refractivity contribution >= 4 is 28.4 Å². The van der Waals surface area contributed by atoms with Gasteiger partial charge >= 0.3 is 0 Å². The summed E-state index contributed by atoms with van der Waals surface area (Å²) in [7, 11) is 1.55. The van der Waals surface area contributed by atoms with Crippen molar-refractivity contribution in [2.45, 2.75) is 31.8 Å². The van der Waals surface area contributed by atoms with Crippen molar-refractivity contribution in [3.05, 3.63) is 94.5 Å². The number of para-hydroxylation sites is 2. The van der Waals surface area contributed by atoms with Crippen LogP contribution in [0.4, 0.5) is 5.69 Å². The third kappa shape index (κ3) is 3.09. The average molecular weight is 521 g/mol. The highest BCUT2D eigenvalue weighted by atomic mass is 16.5. The standard InChI is InChI=1S/C31H28N4O4/c1-17(2)15-23-25-26(29(38)34(28(25)37)18-9-8-10-19(16-18)39-3)31(33-23)21-12-5-7-14-24(21)35-27(36)20-11-4-6-13-22(20)32-30(31)35/h4-14,16-17,23,25-26,33H,15H2,1-3H3/t23-,25+,26+,31-/m0/s1. The Morgan fingerprint density at radius 3 is 2.54 bits per heavy atom. The second-order valence-electron chi connectivity index (χ2n) is 11.0. The van der Waals surface area contributed by atoms with Gasteiger partial charge in [-0.15, -0.1) is 0 Å². The smallest absolute Gasteiger partial charge is 0.266 e. The van der Waals surface area contributed by atoms with Crippen LogP contribution in [-0.2, 0) is 15.1 Å². The molecule has 4 aromatic rings. The molecule has 0 saturated carbocycles. The summed E-state index contributed by atoms with van der Waals surface area (Å²) in [5.74, 6) is -0.641. The van der Waals surface area contributed by atoms with Crippen LogP contribution in [0.3, 0.4) is 0 Å². The van der Waals surface area contributed by atoms with E-state index in [1.807, 2.05) is 42.5 Å². The Kier molecular flexibility index (Phi) is 5.09. The maximum Gasteiger partial charge on any atom is 0.266 e. The number of hydrogen-bond donors (Lipinski definition) is 1. The number of carbonyl (C=O) groups is 2. The normalized spacial score (nSPS) is 25.0. The highest BCUT2D eigenvalue weighted by Gasteiger charge is 2.69. The van der Waals surface area contributed by atoms with Crippen LogP contribution in [0, 0.1) is 17.8 Å². The Hall–Kier alpha value is -4.30. The first-order chi connectivity index (χ1) is 18.9. The van der Waals surface area contributed by atoms with Crippen LogP contribution >= 0.6 is 0 Å². The number of ether oxygens (including phenoxy) is 1. The predicted molar refractivity (Wildman–Crippen MR) is 147 cm³/mol. The molecular formula is C31H28N4O4. The summed E-state index contributed by atoms with van der Waals surface area (Å²) in [5.41, 5.74) is 1.20. The third-order valence-electron chi connectivity index (χ3n) is 8.40. The molecule has 196 valence electrons. The minimum absolute atomic E-state index is 0.188. The molecule has 3 aliphatic heterocycles. The molecule has 8 nitrogen and oxygen atoms in total. The van der Waals surface area contributed by atoms with Gasteiger partial charge in [-0.2, -0.15) is 0 Å². The molecule has 2 amide bonds. The lowest BCUT2D eigenvalue weighted by atomic mass is 9.75. The first-order valence-electron chi connectivity index (χ1n) is 13.3. The molecule has 1 N–H and O–H groups in total. The number of imide groups is 1. The molecule has 3 aliphatic rings.